The van der Waals surface area contributed by atoms with Crippen molar-refractivity contribution in [3.05, 3.63) is 54.4 Å². The van der Waals surface area contributed by atoms with E-state index in [1.54, 1.807) is 24.3 Å². The molecule has 4 rings (SSSR count). The molecule has 0 amide bonds. The molecule has 1 aromatic heterocycles. The number of fused-ring (bicyclic) bond motifs is 1. The number of imidazole rings is 1. The van der Waals surface area contributed by atoms with Gasteiger partial charge in [0.1, 0.15) is 5.82 Å². The molecule has 3 aromatic rings. The van der Waals surface area contributed by atoms with Gasteiger partial charge in [0.05, 0.1) is 21.6 Å². The van der Waals surface area contributed by atoms with Crippen LogP contribution >= 0.6 is 0 Å². The Morgan fingerprint density at radius 3 is 2.34 bits per heavy atom. The summed E-state index contributed by atoms with van der Waals surface area (Å²) in [6.45, 7) is 9.81. The molecule has 0 N–H and O–H groups in total. The van der Waals surface area contributed by atoms with Crippen molar-refractivity contribution in [2.45, 2.75) is 76.7 Å². The molecule has 0 aliphatic heterocycles. The van der Waals surface area contributed by atoms with Gasteiger partial charge in [-0.2, -0.15) is 0 Å². The van der Waals surface area contributed by atoms with E-state index in [2.05, 4.69) is 31.4 Å². The van der Waals surface area contributed by atoms with E-state index in [0.29, 0.717) is 23.0 Å². The third-order valence-electron chi connectivity index (χ3n) is 6.47. The number of hydrogen-bond donors (Lipinski definition) is 0. The van der Waals surface area contributed by atoms with Gasteiger partial charge in [-0.3, -0.25) is 4.31 Å². The van der Waals surface area contributed by atoms with E-state index < -0.39 is 10.0 Å². The summed E-state index contributed by atoms with van der Waals surface area (Å²) in [5, 5.41) is 0. The maximum Gasteiger partial charge on any atom is 0.264 e. The fourth-order valence-corrected chi connectivity index (χ4v) is 6.36. The van der Waals surface area contributed by atoms with Crippen molar-refractivity contribution in [1.29, 1.82) is 0 Å². The first-order valence-corrected chi connectivity index (χ1v) is 13.2. The summed E-state index contributed by atoms with van der Waals surface area (Å²) in [7, 11) is -3.63. The van der Waals surface area contributed by atoms with E-state index in [1.165, 1.54) is 36.4 Å². The third kappa shape index (κ3) is 4.42. The summed E-state index contributed by atoms with van der Waals surface area (Å²) in [4.78, 5) is 5.33. The van der Waals surface area contributed by atoms with E-state index in [4.69, 9.17) is 4.98 Å². The largest absolute Gasteiger partial charge is 0.327 e. The number of aromatic nitrogens is 2. The second kappa shape index (κ2) is 8.89. The Balaban J connectivity index is 1.77. The summed E-state index contributed by atoms with van der Waals surface area (Å²) in [6, 6.07) is 14.6. The van der Waals surface area contributed by atoms with Crippen molar-refractivity contribution in [1.82, 2.24) is 9.55 Å². The topological polar surface area (TPSA) is 55.2 Å². The molecule has 2 aromatic carbocycles. The lowest BCUT2D eigenvalue weighted by Crippen LogP contribution is -2.30. The number of benzene rings is 2. The zero-order valence-corrected chi connectivity index (χ0v) is 20.5. The summed E-state index contributed by atoms with van der Waals surface area (Å²) in [5.74, 6) is 1.76. The van der Waals surface area contributed by atoms with Gasteiger partial charge < -0.3 is 4.57 Å². The predicted molar refractivity (Wildman–Crippen MR) is 132 cm³/mol. The Morgan fingerprint density at radius 1 is 1.03 bits per heavy atom. The zero-order chi connectivity index (χ0) is 22.9. The van der Waals surface area contributed by atoms with Gasteiger partial charge in [-0.05, 0) is 56.0 Å². The number of sulfonamides is 1. The second-order valence-corrected chi connectivity index (χ2v) is 11.8. The number of nitrogens with zero attached hydrogens (tertiary/aromatic N) is 3. The van der Waals surface area contributed by atoms with Crippen LogP contribution in [0.3, 0.4) is 0 Å². The number of anilines is 1. The van der Waals surface area contributed by atoms with Crippen molar-refractivity contribution in [3.8, 4) is 0 Å². The molecule has 0 bridgehead atoms. The molecule has 1 fully saturated rings. The Morgan fingerprint density at radius 2 is 1.72 bits per heavy atom. The summed E-state index contributed by atoms with van der Waals surface area (Å²) < 4.78 is 30.4. The van der Waals surface area contributed by atoms with Crippen LogP contribution in [0.25, 0.3) is 11.0 Å². The number of hydrogen-bond acceptors (Lipinski definition) is 3. The maximum absolute atomic E-state index is 13.3. The maximum atomic E-state index is 13.3. The summed E-state index contributed by atoms with van der Waals surface area (Å²) >= 11 is 0. The SMILES string of the molecule is CCN(c1ccc2c(c1)nc(C(C)(C)C)n2CC1CCCCC1)S(=O)(=O)c1ccccc1. The van der Waals surface area contributed by atoms with Gasteiger partial charge in [-0.25, -0.2) is 13.4 Å². The molecular formula is C26H35N3O2S. The smallest absolute Gasteiger partial charge is 0.264 e. The van der Waals surface area contributed by atoms with Gasteiger partial charge in [0.15, 0.2) is 0 Å². The number of rotatable bonds is 6. The van der Waals surface area contributed by atoms with Crippen molar-refractivity contribution in [2.75, 3.05) is 10.8 Å². The molecule has 1 heterocycles. The van der Waals surface area contributed by atoms with Gasteiger partial charge in [0, 0.05) is 18.5 Å². The first-order valence-electron chi connectivity index (χ1n) is 11.8. The highest BCUT2D eigenvalue weighted by atomic mass is 32.2. The molecule has 5 nitrogen and oxygen atoms in total. The van der Waals surface area contributed by atoms with Gasteiger partial charge in [0.25, 0.3) is 10.0 Å². The Kier molecular flexibility index (Phi) is 6.35. The van der Waals surface area contributed by atoms with E-state index >= 15 is 0 Å². The highest BCUT2D eigenvalue weighted by molar-refractivity contribution is 7.92. The predicted octanol–water partition coefficient (Wildman–Crippen LogP) is 6.13. The Hall–Kier alpha value is -2.34. The van der Waals surface area contributed by atoms with E-state index in [9.17, 15) is 8.42 Å². The fourth-order valence-electron chi connectivity index (χ4n) is 4.87. The molecule has 0 spiro atoms. The molecule has 0 radical (unpaired) electrons. The molecule has 0 saturated heterocycles. The van der Waals surface area contributed by atoms with Crippen molar-refractivity contribution >= 4 is 26.7 Å². The normalized spacial score (nSPS) is 15.9. The minimum absolute atomic E-state index is 0.0889. The first kappa shape index (κ1) is 22.8. The monoisotopic (exact) mass is 453 g/mol. The lowest BCUT2D eigenvalue weighted by molar-refractivity contribution is 0.313. The average Bonchev–Trinajstić information content (AvgIpc) is 3.14. The van der Waals surface area contributed by atoms with Crippen LogP contribution in [-0.2, 0) is 22.0 Å². The van der Waals surface area contributed by atoms with E-state index in [-0.39, 0.29) is 5.41 Å². The zero-order valence-electron chi connectivity index (χ0n) is 19.7. The lowest BCUT2D eigenvalue weighted by atomic mass is 9.88. The van der Waals surface area contributed by atoms with E-state index in [1.807, 2.05) is 25.1 Å². The fraction of sp³-hybridized carbons (Fsp3) is 0.500. The average molecular weight is 454 g/mol. The van der Waals surface area contributed by atoms with Crippen LogP contribution in [0.1, 0.15) is 65.6 Å². The standard InChI is InChI=1S/C26H35N3O2S/c1-5-29(32(30,31)22-14-10-7-11-15-22)21-16-17-24-23(18-21)27-25(26(2,3)4)28(24)19-20-12-8-6-9-13-20/h7,10-11,14-18,20H,5-6,8-9,12-13,19H2,1-4H3. The minimum Gasteiger partial charge on any atom is -0.327 e. The molecule has 1 aliphatic rings. The molecule has 0 unspecified atom stereocenters. The summed E-state index contributed by atoms with van der Waals surface area (Å²) in [6.07, 6.45) is 6.53. The van der Waals surface area contributed by atoms with Crippen LogP contribution in [0.15, 0.2) is 53.4 Å². The van der Waals surface area contributed by atoms with Crippen LogP contribution < -0.4 is 4.31 Å². The molecular weight excluding hydrogens is 418 g/mol. The van der Waals surface area contributed by atoms with Crippen molar-refractivity contribution in [2.24, 2.45) is 5.92 Å². The van der Waals surface area contributed by atoms with Crippen LogP contribution in [-0.4, -0.2) is 24.5 Å². The Bertz CT molecular complexity index is 1170. The molecule has 0 atom stereocenters. The molecule has 172 valence electrons. The van der Waals surface area contributed by atoms with Crippen LogP contribution in [0, 0.1) is 5.92 Å². The van der Waals surface area contributed by atoms with E-state index in [0.717, 1.165) is 23.4 Å². The van der Waals surface area contributed by atoms with Crippen LogP contribution in [0.2, 0.25) is 0 Å². The second-order valence-electron chi connectivity index (χ2n) is 9.96. The van der Waals surface area contributed by atoms with Crippen molar-refractivity contribution in [3.63, 3.8) is 0 Å². The quantitative estimate of drug-likeness (QED) is 0.451. The molecule has 6 heteroatoms. The third-order valence-corrected chi connectivity index (χ3v) is 8.39. The highest BCUT2D eigenvalue weighted by Crippen LogP contribution is 2.33. The molecule has 1 aliphatic carbocycles. The van der Waals surface area contributed by atoms with Gasteiger partial charge >= 0.3 is 0 Å². The minimum atomic E-state index is -3.63. The summed E-state index contributed by atoms with van der Waals surface area (Å²) in [5.41, 5.74) is 2.53. The highest BCUT2D eigenvalue weighted by Gasteiger charge is 2.27. The lowest BCUT2D eigenvalue weighted by Gasteiger charge is -2.26. The Labute approximate surface area is 192 Å². The van der Waals surface area contributed by atoms with Gasteiger partial charge in [-0.1, -0.05) is 58.2 Å². The molecule has 32 heavy (non-hydrogen) atoms. The first-order chi connectivity index (χ1) is 15.2. The van der Waals surface area contributed by atoms with Gasteiger partial charge in [0.2, 0.25) is 0 Å². The van der Waals surface area contributed by atoms with Crippen molar-refractivity contribution < 1.29 is 8.42 Å². The van der Waals surface area contributed by atoms with Crippen LogP contribution in [0.5, 0.6) is 0 Å². The van der Waals surface area contributed by atoms with Crippen LogP contribution in [0.4, 0.5) is 5.69 Å². The molecule has 1 saturated carbocycles. The van der Waals surface area contributed by atoms with Gasteiger partial charge in [-0.15, -0.1) is 0 Å².